The zero-order chi connectivity index (χ0) is 42.4. The molecule has 5 unspecified atom stereocenters. The molecule has 0 N–H and O–H groups in total. The van der Waals surface area contributed by atoms with E-state index in [4.69, 9.17) is 51.8 Å². The average molecular weight is 983 g/mol. The molecule has 0 radical (unpaired) electrons. The molecule has 21 atom stereocenters. The first-order valence-electron chi connectivity index (χ1n) is 24.1. The van der Waals surface area contributed by atoms with Crippen LogP contribution >= 0.6 is 22.6 Å². The summed E-state index contributed by atoms with van der Waals surface area (Å²) in [6, 6.07) is 3.24. The van der Waals surface area contributed by atoms with Crippen molar-refractivity contribution in [2.75, 3.05) is 4.43 Å². The highest BCUT2D eigenvalue weighted by atomic mass is 127. The number of carbonyl (C=O) groups is 1. The van der Waals surface area contributed by atoms with E-state index in [1.807, 2.05) is 0 Å². The lowest BCUT2D eigenvalue weighted by molar-refractivity contribution is -0.293. The van der Waals surface area contributed by atoms with E-state index in [0.717, 1.165) is 78.7 Å². The van der Waals surface area contributed by atoms with Crippen molar-refractivity contribution in [2.24, 2.45) is 11.8 Å². The van der Waals surface area contributed by atoms with E-state index < -0.39 is 26.3 Å². The maximum atomic E-state index is 14.3. The van der Waals surface area contributed by atoms with Crippen LogP contribution in [0.2, 0.25) is 18.1 Å². The minimum absolute atomic E-state index is 0.0155. The molecule has 1 spiro atoms. The normalized spacial score (nSPS) is 51.0. The zero-order valence-electron chi connectivity index (χ0n) is 37.1. The monoisotopic (exact) mass is 982 g/mol. The number of hydrogen-bond acceptors (Lipinski definition) is 12. The number of esters is 1. The van der Waals surface area contributed by atoms with Gasteiger partial charge in [-0.2, -0.15) is 0 Å². The van der Waals surface area contributed by atoms with Gasteiger partial charge in [-0.3, -0.25) is 4.79 Å². The highest BCUT2D eigenvalue weighted by Gasteiger charge is 2.69. The SMILES string of the molecule is C=C1CC2CC[C@@]34C[C@H]5OC6C(O3)[C@H]3O[C@H](CC[C@@H]3O[C@H]6C5O4)CC(=O)O[C@@H]3[C@@H](C)[C@@H]4O[C@H](CI)C(O[Si](CC)(CC)CC)C[C@@H]4O[C@H]3C[C@H]3O[C@@H](CC[C@@H]1O2)C[C@@H](C)C3=C. The molecule has 0 aromatic heterocycles. The van der Waals surface area contributed by atoms with Gasteiger partial charge in [0.2, 0.25) is 0 Å². The van der Waals surface area contributed by atoms with Gasteiger partial charge in [-0.1, -0.05) is 70.4 Å². The van der Waals surface area contributed by atoms with Crippen LogP contribution in [0.5, 0.6) is 0 Å². The van der Waals surface area contributed by atoms with Crippen LogP contribution in [-0.2, 0) is 56.6 Å². The maximum absolute atomic E-state index is 14.3. The van der Waals surface area contributed by atoms with Crippen LogP contribution in [-0.4, -0.2) is 134 Å². The minimum Gasteiger partial charge on any atom is -0.459 e. The van der Waals surface area contributed by atoms with Gasteiger partial charge in [0.25, 0.3) is 0 Å². The van der Waals surface area contributed by atoms with E-state index in [2.05, 4.69) is 70.4 Å². The largest absolute Gasteiger partial charge is 0.459 e. The molecule has 342 valence electrons. The molecular formula is C47H71IO12Si. The molecule has 0 amide bonds. The summed E-state index contributed by atoms with van der Waals surface area (Å²) in [5.74, 6) is -0.920. The highest BCUT2D eigenvalue weighted by molar-refractivity contribution is 14.1. The second-order valence-corrected chi connectivity index (χ2v) is 26.0. The summed E-state index contributed by atoms with van der Waals surface area (Å²) in [5, 5.41) is 0. The van der Waals surface area contributed by atoms with Crippen LogP contribution in [0.3, 0.4) is 0 Å². The van der Waals surface area contributed by atoms with E-state index in [-0.39, 0.29) is 122 Å². The Morgan fingerprint density at radius 2 is 1.38 bits per heavy atom. The molecule has 11 fully saturated rings. The lowest BCUT2D eigenvalue weighted by Gasteiger charge is -2.52. The van der Waals surface area contributed by atoms with E-state index in [1.54, 1.807) is 0 Å². The van der Waals surface area contributed by atoms with Gasteiger partial charge in [0.1, 0.15) is 36.6 Å². The smallest absolute Gasteiger partial charge is 0.308 e. The van der Waals surface area contributed by atoms with Gasteiger partial charge in [-0.25, -0.2) is 0 Å². The van der Waals surface area contributed by atoms with Gasteiger partial charge < -0.3 is 51.8 Å². The number of hydrogen-bond donors (Lipinski definition) is 0. The molecule has 12 nitrogen and oxygen atoms in total. The van der Waals surface area contributed by atoms with Crippen LogP contribution in [0.4, 0.5) is 0 Å². The fourth-order valence-corrected chi connectivity index (χ4v) is 16.8. The molecule has 12 bridgehead atoms. The number of carbonyl (C=O) groups excluding carboxylic acids is 1. The van der Waals surface area contributed by atoms with Gasteiger partial charge in [0, 0.05) is 36.0 Å². The van der Waals surface area contributed by atoms with Crippen LogP contribution in [0.1, 0.15) is 112 Å². The Bertz CT molecular complexity index is 1640. The molecule has 0 aromatic rings. The topological polar surface area (TPSA) is 119 Å². The predicted molar refractivity (Wildman–Crippen MR) is 236 cm³/mol. The van der Waals surface area contributed by atoms with Crippen molar-refractivity contribution in [3.63, 3.8) is 0 Å². The Balaban J connectivity index is 0.928. The molecule has 11 saturated heterocycles. The molecule has 11 aliphatic heterocycles. The van der Waals surface area contributed by atoms with E-state index in [9.17, 15) is 4.79 Å². The highest BCUT2D eigenvalue weighted by Crippen LogP contribution is 2.54. The van der Waals surface area contributed by atoms with Crippen molar-refractivity contribution in [1.29, 1.82) is 0 Å². The minimum atomic E-state index is -1.92. The van der Waals surface area contributed by atoms with Crippen molar-refractivity contribution in [3.05, 3.63) is 24.3 Å². The summed E-state index contributed by atoms with van der Waals surface area (Å²) < 4.78 is 76.6. The second kappa shape index (κ2) is 17.6. The van der Waals surface area contributed by atoms with Crippen LogP contribution < -0.4 is 0 Å². The van der Waals surface area contributed by atoms with Crippen molar-refractivity contribution in [3.8, 4) is 0 Å². The third-order valence-electron chi connectivity index (χ3n) is 16.9. The standard InChI is InChI=1S/C47H71IO12Si/c1-8-61(9-2,10-3)60-34-21-36-40(56-38(34)23-48)27(7)41-35(53-36)20-33-26(6)24(4)17-28(51-33)11-13-31-25(5)18-30(50-31)15-16-47-22-37-43(58-47)44-45(55-37)46(59-47)42-32(54-44)14-12-29(52-42)19-39(49)57-41/h24,27-38,40-46H,5-6,8-23H2,1-4,7H3/t24-,27+,28+,29-,30?,31+,32+,33-,34?,35+,36+,37-,38-,40+,41-,42+,43?,44+,45?,46?,47+/m1/s1. The van der Waals surface area contributed by atoms with E-state index in [1.165, 1.54) is 0 Å². The van der Waals surface area contributed by atoms with Crippen molar-refractivity contribution < 1.29 is 56.6 Å². The van der Waals surface area contributed by atoms with Gasteiger partial charge in [-0.05, 0) is 80.1 Å². The molecule has 0 saturated carbocycles. The Morgan fingerprint density at radius 3 is 2.16 bits per heavy atom. The number of alkyl halides is 1. The average Bonchev–Trinajstić information content (AvgIpc) is 3.84. The zero-order valence-corrected chi connectivity index (χ0v) is 40.2. The predicted octanol–water partition coefficient (Wildman–Crippen LogP) is 7.67. The molecule has 0 aliphatic carbocycles. The van der Waals surface area contributed by atoms with Crippen LogP contribution in [0.25, 0.3) is 0 Å². The van der Waals surface area contributed by atoms with Gasteiger partial charge >= 0.3 is 5.97 Å². The summed E-state index contributed by atoms with van der Waals surface area (Å²) in [7, 11) is -1.92. The Hall–Kier alpha value is -0.503. The lowest BCUT2D eigenvalue weighted by atomic mass is 9.79. The first-order valence-corrected chi connectivity index (χ1v) is 28.2. The third-order valence-corrected chi connectivity index (χ3v) is 22.4. The van der Waals surface area contributed by atoms with Crippen molar-refractivity contribution in [2.45, 2.75) is 245 Å². The van der Waals surface area contributed by atoms with Gasteiger partial charge in [0.15, 0.2) is 14.1 Å². The molecule has 61 heavy (non-hydrogen) atoms. The quantitative estimate of drug-likeness (QED) is 0.0855. The molecule has 11 heterocycles. The van der Waals surface area contributed by atoms with Gasteiger partial charge in [-0.15, -0.1) is 0 Å². The van der Waals surface area contributed by atoms with E-state index >= 15 is 0 Å². The first-order chi connectivity index (χ1) is 29.4. The number of ether oxygens (including phenoxy) is 10. The fourth-order valence-electron chi connectivity index (χ4n) is 13.1. The van der Waals surface area contributed by atoms with Crippen LogP contribution in [0, 0.1) is 11.8 Å². The Kier molecular flexibility index (Phi) is 12.8. The third kappa shape index (κ3) is 8.24. The molecule has 11 rings (SSSR count). The van der Waals surface area contributed by atoms with E-state index in [0.29, 0.717) is 25.7 Å². The summed E-state index contributed by atoms with van der Waals surface area (Å²) in [4.78, 5) is 14.3. The summed E-state index contributed by atoms with van der Waals surface area (Å²) in [6.45, 7) is 20.3. The van der Waals surface area contributed by atoms with Crippen LogP contribution in [0.15, 0.2) is 24.3 Å². The molecular weight excluding hydrogens is 911 g/mol. The number of rotatable bonds is 6. The van der Waals surface area contributed by atoms with Crippen molar-refractivity contribution >= 4 is 36.9 Å². The number of fused-ring (bicyclic) bond motifs is 7. The Morgan fingerprint density at radius 1 is 0.672 bits per heavy atom. The Labute approximate surface area is 377 Å². The molecule has 0 aromatic carbocycles. The summed E-state index contributed by atoms with van der Waals surface area (Å²) in [5.41, 5.74) is 2.23. The van der Waals surface area contributed by atoms with Gasteiger partial charge in [0.05, 0.1) is 79.7 Å². The molecule has 11 aliphatic rings. The fraction of sp³-hybridized carbons (Fsp3) is 0.894. The maximum Gasteiger partial charge on any atom is 0.308 e. The molecule has 14 heteroatoms. The van der Waals surface area contributed by atoms with Crippen molar-refractivity contribution in [1.82, 2.24) is 0 Å². The summed E-state index contributed by atoms with van der Waals surface area (Å²) in [6.07, 6.45) is 4.95. The summed E-state index contributed by atoms with van der Waals surface area (Å²) >= 11 is 2.44. The second-order valence-electron chi connectivity index (χ2n) is 20.4. The number of halogens is 1. The first kappa shape index (κ1) is 44.3. The lowest BCUT2D eigenvalue weighted by Crippen LogP contribution is -2.63.